The van der Waals surface area contributed by atoms with Gasteiger partial charge in [0.1, 0.15) is 0 Å². The highest BCUT2D eigenvalue weighted by atomic mass is 35.5. The SMILES string of the molecule is CC1(C)CC(=O)C(Cl)C(C)(C)C1. The van der Waals surface area contributed by atoms with Crippen molar-refractivity contribution >= 4 is 17.4 Å². The molecule has 1 nitrogen and oxygen atoms in total. The average Bonchev–Trinajstić information content (AvgIpc) is 1.79. The number of hydrogen-bond donors (Lipinski definition) is 0. The van der Waals surface area contributed by atoms with Gasteiger partial charge in [-0.25, -0.2) is 0 Å². The quantitative estimate of drug-likeness (QED) is 0.535. The molecule has 0 spiro atoms. The number of alkyl halides is 1. The Morgan fingerprint density at radius 1 is 1.33 bits per heavy atom. The molecule has 12 heavy (non-hydrogen) atoms. The minimum atomic E-state index is -0.287. The number of carbonyl (C=O) groups excluding carboxylic acids is 1. The maximum absolute atomic E-state index is 11.5. The highest BCUT2D eigenvalue weighted by molar-refractivity contribution is 6.31. The lowest BCUT2D eigenvalue weighted by atomic mass is 9.65. The van der Waals surface area contributed by atoms with Gasteiger partial charge >= 0.3 is 0 Å². The molecule has 0 amide bonds. The molecule has 0 saturated heterocycles. The summed E-state index contributed by atoms with van der Waals surface area (Å²) in [5, 5.41) is -0.287. The van der Waals surface area contributed by atoms with Crippen LogP contribution in [0.15, 0.2) is 0 Å². The summed E-state index contributed by atoms with van der Waals surface area (Å²) in [6.07, 6.45) is 1.66. The van der Waals surface area contributed by atoms with Crippen LogP contribution in [-0.4, -0.2) is 11.2 Å². The van der Waals surface area contributed by atoms with E-state index in [1.165, 1.54) is 0 Å². The second kappa shape index (κ2) is 2.73. The Labute approximate surface area is 79.5 Å². The Hall–Kier alpha value is -0.0400. The van der Waals surface area contributed by atoms with Crippen LogP contribution >= 0.6 is 11.6 Å². The smallest absolute Gasteiger partial charge is 0.151 e. The highest BCUT2D eigenvalue weighted by Crippen LogP contribution is 2.46. The molecule has 1 aliphatic rings. The Morgan fingerprint density at radius 3 is 2.25 bits per heavy atom. The van der Waals surface area contributed by atoms with Crippen molar-refractivity contribution in [1.29, 1.82) is 0 Å². The van der Waals surface area contributed by atoms with Crippen molar-refractivity contribution in [1.82, 2.24) is 0 Å². The highest BCUT2D eigenvalue weighted by Gasteiger charge is 2.44. The summed E-state index contributed by atoms with van der Waals surface area (Å²) in [5.41, 5.74) is 0.0896. The third-order valence-electron chi connectivity index (χ3n) is 2.56. The van der Waals surface area contributed by atoms with Crippen LogP contribution in [0.25, 0.3) is 0 Å². The van der Waals surface area contributed by atoms with E-state index >= 15 is 0 Å². The summed E-state index contributed by atoms with van der Waals surface area (Å²) < 4.78 is 0. The van der Waals surface area contributed by atoms with Crippen LogP contribution in [0.2, 0.25) is 0 Å². The zero-order chi connectivity index (χ0) is 9.57. The molecule has 0 aromatic heterocycles. The first-order valence-corrected chi connectivity index (χ1v) is 4.85. The zero-order valence-electron chi connectivity index (χ0n) is 8.28. The van der Waals surface area contributed by atoms with E-state index in [2.05, 4.69) is 27.7 Å². The molecule has 1 saturated carbocycles. The molecule has 0 heterocycles. The fraction of sp³-hybridized carbons (Fsp3) is 0.900. The van der Waals surface area contributed by atoms with E-state index in [9.17, 15) is 4.79 Å². The molecule has 2 heteroatoms. The minimum Gasteiger partial charge on any atom is -0.298 e. The molecule has 1 fully saturated rings. The molecule has 1 atom stereocenters. The van der Waals surface area contributed by atoms with E-state index in [1.54, 1.807) is 0 Å². The molecular formula is C10H17ClO. The van der Waals surface area contributed by atoms with Crippen LogP contribution in [-0.2, 0) is 4.79 Å². The van der Waals surface area contributed by atoms with Gasteiger partial charge in [0.25, 0.3) is 0 Å². The number of carbonyl (C=O) groups is 1. The number of rotatable bonds is 0. The first-order chi connectivity index (χ1) is 5.25. The standard InChI is InChI=1S/C10H17ClO/c1-9(2)5-7(12)8(11)10(3,4)6-9/h8H,5-6H2,1-4H3. The van der Waals surface area contributed by atoms with Gasteiger partial charge in [0.15, 0.2) is 5.78 Å². The number of Topliss-reactive ketones (excluding diaryl/α,β-unsaturated/α-hetero) is 1. The van der Waals surface area contributed by atoms with Crippen molar-refractivity contribution in [2.24, 2.45) is 10.8 Å². The predicted octanol–water partition coefficient (Wildman–Crippen LogP) is 3.01. The third-order valence-corrected chi connectivity index (χ3v) is 3.39. The van der Waals surface area contributed by atoms with Crippen molar-refractivity contribution < 1.29 is 4.79 Å². The Bertz CT molecular complexity index is 206. The lowest BCUT2D eigenvalue weighted by Crippen LogP contribution is -2.43. The number of ketones is 1. The van der Waals surface area contributed by atoms with Crippen LogP contribution in [0.1, 0.15) is 40.5 Å². The van der Waals surface area contributed by atoms with E-state index in [0.717, 1.165) is 6.42 Å². The predicted molar refractivity (Wildman–Crippen MR) is 51.4 cm³/mol. The maximum atomic E-state index is 11.5. The van der Waals surface area contributed by atoms with Gasteiger partial charge in [-0.15, -0.1) is 11.6 Å². The Kier molecular flexibility index (Phi) is 2.28. The van der Waals surface area contributed by atoms with Gasteiger partial charge in [-0.3, -0.25) is 4.79 Å². The van der Waals surface area contributed by atoms with Crippen molar-refractivity contribution in [3.05, 3.63) is 0 Å². The molecule has 0 N–H and O–H groups in total. The third kappa shape index (κ3) is 1.82. The zero-order valence-corrected chi connectivity index (χ0v) is 9.03. The van der Waals surface area contributed by atoms with Gasteiger partial charge in [-0.05, 0) is 17.3 Å². The molecule has 70 valence electrons. The first-order valence-electron chi connectivity index (χ1n) is 4.41. The molecule has 1 rings (SSSR count). The number of hydrogen-bond acceptors (Lipinski definition) is 1. The summed E-state index contributed by atoms with van der Waals surface area (Å²) in [6.45, 7) is 8.41. The normalized spacial score (nSPS) is 33.4. The molecule has 0 radical (unpaired) electrons. The van der Waals surface area contributed by atoms with Crippen molar-refractivity contribution in [2.45, 2.75) is 45.9 Å². The summed E-state index contributed by atoms with van der Waals surface area (Å²) in [4.78, 5) is 11.5. The fourth-order valence-electron chi connectivity index (χ4n) is 2.38. The van der Waals surface area contributed by atoms with Crippen molar-refractivity contribution in [3.63, 3.8) is 0 Å². The minimum absolute atomic E-state index is 0.0413. The molecular weight excluding hydrogens is 172 g/mol. The van der Waals surface area contributed by atoms with Gasteiger partial charge in [0.2, 0.25) is 0 Å². The van der Waals surface area contributed by atoms with E-state index in [4.69, 9.17) is 11.6 Å². The van der Waals surface area contributed by atoms with Crippen molar-refractivity contribution in [2.75, 3.05) is 0 Å². The lowest BCUT2D eigenvalue weighted by molar-refractivity contribution is -0.126. The molecule has 1 unspecified atom stereocenters. The Morgan fingerprint density at radius 2 is 1.83 bits per heavy atom. The molecule has 0 aromatic rings. The average molecular weight is 189 g/mol. The fourth-order valence-corrected chi connectivity index (χ4v) is 2.54. The lowest BCUT2D eigenvalue weighted by Gasteiger charge is -2.42. The first kappa shape index (κ1) is 10.0. The number of halogens is 1. The van der Waals surface area contributed by atoms with Crippen molar-refractivity contribution in [3.8, 4) is 0 Å². The van der Waals surface area contributed by atoms with Crippen LogP contribution in [0, 0.1) is 10.8 Å². The van der Waals surface area contributed by atoms with Crippen LogP contribution in [0.3, 0.4) is 0 Å². The van der Waals surface area contributed by atoms with Gasteiger partial charge < -0.3 is 0 Å². The maximum Gasteiger partial charge on any atom is 0.151 e. The van der Waals surface area contributed by atoms with Gasteiger partial charge in [-0.2, -0.15) is 0 Å². The second-order valence-corrected chi connectivity index (χ2v) is 5.77. The summed E-state index contributed by atoms with van der Waals surface area (Å²) in [7, 11) is 0. The second-order valence-electron chi connectivity index (χ2n) is 5.34. The van der Waals surface area contributed by atoms with E-state index in [0.29, 0.717) is 6.42 Å². The molecule has 1 aliphatic carbocycles. The summed E-state index contributed by atoms with van der Waals surface area (Å²) in [6, 6.07) is 0. The van der Waals surface area contributed by atoms with Gasteiger partial charge in [-0.1, -0.05) is 27.7 Å². The van der Waals surface area contributed by atoms with Crippen LogP contribution in [0.4, 0.5) is 0 Å². The molecule has 0 aromatic carbocycles. The van der Waals surface area contributed by atoms with Gasteiger partial charge in [0.05, 0.1) is 5.38 Å². The van der Waals surface area contributed by atoms with E-state index < -0.39 is 0 Å². The van der Waals surface area contributed by atoms with Crippen LogP contribution in [0.5, 0.6) is 0 Å². The topological polar surface area (TPSA) is 17.1 Å². The van der Waals surface area contributed by atoms with Crippen LogP contribution < -0.4 is 0 Å². The largest absolute Gasteiger partial charge is 0.298 e. The van der Waals surface area contributed by atoms with Gasteiger partial charge in [0, 0.05) is 6.42 Å². The summed E-state index contributed by atoms with van der Waals surface area (Å²) >= 11 is 6.04. The molecule has 0 aliphatic heterocycles. The Balaban J connectivity index is 2.87. The monoisotopic (exact) mass is 188 g/mol. The van der Waals surface area contributed by atoms with E-state index in [1.807, 2.05) is 0 Å². The molecule has 0 bridgehead atoms. The summed E-state index contributed by atoms with van der Waals surface area (Å²) in [5.74, 6) is 0.206. The van der Waals surface area contributed by atoms with E-state index in [-0.39, 0.29) is 22.0 Å².